The number of likely N-dealkylation sites (tertiary alicyclic amines) is 1. The summed E-state index contributed by atoms with van der Waals surface area (Å²) >= 11 is 0. The maximum absolute atomic E-state index is 6.25. The van der Waals surface area contributed by atoms with Gasteiger partial charge < -0.3 is 10.6 Å². The van der Waals surface area contributed by atoms with Gasteiger partial charge in [-0.1, -0.05) is 6.42 Å². The number of hydrogen-bond acceptors (Lipinski definition) is 2. The average molecular weight is 196 g/mol. The zero-order valence-electron chi connectivity index (χ0n) is 9.63. The van der Waals surface area contributed by atoms with Crippen molar-refractivity contribution in [2.24, 2.45) is 11.1 Å². The van der Waals surface area contributed by atoms with E-state index >= 15 is 0 Å². The van der Waals surface area contributed by atoms with E-state index in [2.05, 4.69) is 18.7 Å². The second kappa shape index (κ2) is 3.82. The molecule has 0 aromatic carbocycles. The van der Waals surface area contributed by atoms with E-state index in [1.54, 1.807) is 0 Å². The van der Waals surface area contributed by atoms with Crippen LogP contribution < -0.4 is 5.73 Å². The van der Waals surface area contributed by atoms with E-state index < -0.39 is 0 Å². The maximum atomic E-state index is 6.25. The molecule has 1 spiro atoms. The highest BCUT2D eigenvalue weighted by Crippen LogP contribution is 2.45. The molecule has 14 heavy (non-hydrogen) atoms. The summed E-state index contributed by atoms with van der Waals surface area (Å²) in [4.78, 5) is 2.59. The van der Waals surface area contributed by atoms with Crippen molar-refractivity contribution in [3.05, 3.63) is 0 Å². The van der Waals surface area contributed by atoms with Crippen LogP contribution in [0, 0.1) is 5.41 Å². The molecule has 1 aliphatic heterocycles. The Morgan fingerprint density at radius 3 is 2.29 bits per heavy atom. The first-order valence-electron chi connectivity index (χ1n) is 6.14. The summed E-state index contributed by atoms with van der Waals surface area (Å²) in [7, 11) is 0. The van der Waals surface area contributed by atoms with E-state index in [0.29, 0.717) is 17.5 Å². The van der Waals surface area contributed by atoms with Crippen molar-refractivity contribution < 1.29 is 0 Å². The smallest absolute Gasteiger partial charge is 0.00965 e. The normalized spacial score (nSPS) is 33.0. The molecule has 2 fully saturated rings. The molecule has 2 aliphatic rings. The summed E-state index contributed by atoms with van der Waals surface area (Å²) < 4.78 is 0. The van der Waals surface area contributed by atoms with Gasteiger partial charge >= 0.3 is 0 Å². The first-order chi connectivity index (χ1) is 6.64. The van der Waals surface area contributed by atoms with Crippen molar-refractivity contribution in [2.75, 3.05) is 13.1 Å². The zero-order chi connectivity index (χ0) is 10.2. The van der Waals surface area contributed by atoms with Gasteiger partial charge in [0.1, 0.15) is 0 Å². The second-order valence-electron chi connectivity index (χ2n) is 5.49. The van der Waals surface area contributed by atoms with Crippen LogP contribution in [-0.2, 0) is 0 Å². The molecule has 2 N–H and O–H groups in total. The van der Waals surface area contributed by atoms with E-state index in [4.69, 9.17) is 5.73 Å². The first kappa shape index (κ1) is 10.4. The SMILES string of the molecule is CC(C)N1CCC2(CCC[C@H]2N)CC1. The largest absolute Gasteiger partial charge is 0.327 e. The third-order valence-corrected chi connectivity index (χ3v) is 4.50. The lowest BCUT2D eigenvalue weighted by Crippen LogP contribution is -2.48. The Morgan fingerprint density at radius 2 is 1.86 bits per heavy atom. The average Bonchev–Trinajstić information content (AvgIpc) is 2.49. The summed E-state index contributed by atoms with van der Waals surface area (Å²) in [5.74, 6) is 0. The molecule has 1 aliphatic carbocycles. The predicted octanol–water partition coefficient (Wildman–Crippen LogP) is 1.99. The molecule has 2 nitrogen and oxygen atoms in total. The number of piperidine rings is 1. The molecule has 1 heterocycles. The van der Waals surface area contributed by atoms with Gasteiger partial charge in [-0.3, -0.25) is 0 Å². The third-order valence-electron chi connectivity index (χ3n) is 4.50. The van der Waals surface area contributed by atoms with Crippen LogP contribution in [0.5, 0.6) is 0 Å². The molecule has 1 saturated carbocycles. The van der Waals surface area contributed by atoms with Gasteiger partial charge in [-0.15, -0.1) is 0 Å². The van der Waals surface area contributed by atoms with Crippen molar-refractivity contribution in [1.29, 1.82) is 0 Å². The van der Waals surface area contributed by atoms with Crippen LogP contribution in [0.4, 0.5) is 0 Å². The molecule has 0 aromatic heterocycles. The molecule has 1 atom stereocenters. The molecular formula is C12H24N2. The lowest BCUT2D eigenvalue weighted by Gasteiger charge is -2.43. The fourth-order valence-corrected chi connectivity index (χ4v) is 3.27. The predicted molar refractivity (Wildman–Crippen MR) is 60.2 cm³/mol. The highest BCUT2D eigenvalue weighted by molar-refractivity contribution is 4.98. The molecule has 82 valence electrons. The van der Waals surface area contributed by atoms with Crippen molar-refractivity contribution in [2.45, 2.75) is 58.0 Å². The Labute approximate surface area is 87.8 Å². The van der Waals surface area contributed by atoms with Crippen LogP contribution in [0.25, 0.3) is 0 Å². The molecule has 0 unspecified atom stereocenters. The Hall–Kier alpha value is -0.0800. The fraction of sp³-hybridized carbons (Fsp3) is 1.00. The van der Waals surface area contributed by atoms with Gasteiger partial charge in [0.15, 0.2) is 0 Å². The molecule has 0 amide bonds. The fourth-order valence-electron chi connectivity index (χ4n) is 3.27. The Bertz CT molecular complexity index is 192. The van der Waals surface area contributed by atoms with Gasteiger partial charge in [0.05, 0.1) is 0 Å². The van der Waals surface area contributed by atoms with E-state index in [0.717, 1.165) is 0 Å². The number of nitrogens with two attached hydrogens (primary N) is 1. The highest BCUT2D eigenvalue weighted by Gasteiger charge is 2.42. The van der Waals surface area contributed by atoms with Gasteiger partial charge in [-0.2, -0.15) is 0 Å². The maximum Gasteiger partial charge on any atom is 0.00965 e. The van der Waals surface area contributed by atoms with Crippen LogP contribution in [0.2, 0.25) is 0 Å². The van der Waals surface area contributed by atoms with Crippen LogP contribution >= 0.6 is 0 Å². The van der Waals surface area contributed by atoms with Crippen LogP contribution in [-0.4, -0.2) is 30.1 Å². The minimum Gasteiger partial charge on any atom is -0.327 e. The second-order valence-corrected chi connectivity index (χ2v) is 5.49. The molecule has 2 rings (SSSR count). The number of rotatable bonds is 1. The van der Waals surface area contributed by atoms with Gasteiger partial charge in [-0.25, -0.2) is 0 Å². The van der Waals surface area contributed by atoms with Crippen LogP contribution in [0.15, 0.2) is 0 Å². The molecule has 1 saturated heterocycles. The van der Waals surface area contributed by atoms with Crippen molar-refractivity contribution in [1.82, 2.24) is 4.90 Å². The van der Waals surface area contributed by atoms with Gasteiger partial charge in [-0.05, 0) is 58.0 Å². The number of nitrogens with zero attached hydrogens (tertiary/aromatic N) is 1. The molecule has 2 heteroatoms. The summed E-state index contributed by atoms with van der Waals surface area (Å²) in [5, 5.41) is 0. The monoisotopic (exact) mass is 196 g/mol. The Balaban J connectivity index is 1.94. The molecular weight excluding hydrogens is 172 g/mol. The Kier molecular flexibility index (Phi) is 2.85. The highest BCUT2D eigenvalue weighted by atomic mass is 15.2. The van der Waals surface area contributed by atoms with Gasteiger partial charge in [0.2, 0.25) is 0 Å². The summed E-state index contributed by atoms with van der Waals surface area (Å²) in [6.45, 7) is 7.13. The van der Waals surface area contributed by atoms with Gasteiger partial charge in [0.25, 0.3) is 0 Å². The van der Waals surface area contributed by atoms with Crippen molar-refractivity contribution >= 4 is 0 Å². The van der Waals surface area contributed by atoms with Gasteiger partial charge in [0, 0.05) is 12.1 Å². The quantitative estimate of drug-likeness (QED) is 0.695. The van der Waals surface area contributed by atoms with Crippen LogP contribution in [0.3, 0.4) is 0 Å². The topological polar surface area (TPSA) is 29.3 Å². The first-order valence-corrected chi connectivity index (χ1v) is 6.14. The zero-order valence-corrected chi connectivity index (χ0v) is 9.63. The molecule has 0 aromatic rings. The molecule has 0 bridgehead atoms. The van der Waals surface area contributed by atoms with Crippen molar-refractivity contribution in [3.8, 4) is 0 Å². The van der Waals surface area contributed by atoms with Crippen LogP contribution in [0.1, 0.15) is 46.0 Å². The molecule has 0 radical (unpaired) electrons. The van der Waals surface area contributed by atoms with E-state index in [1.807, 2.05) is 0 Å². The minimum absolute atomic E-state index is 0.497. The lowest BCUT2D eigenvalue weighted by molar-refractivity contribution is 0.0759. The van der Waals surface area contributed by atoms with Crippen molar-refractivity contribution in [3.63, 3.8) is 0 Å². The standard InChI is InChI=1S/C12H24N2/c1-10(2)14-8-6-12(7-9-14)5-3-4-11(12)13/h10-11H,3-9,13H2,1-2H3/t11-/m1/s1. The number of hydrogen-bond donors (Lipinski definition) is 1. The summed E-state index contributed by atoms with van der Waals surface area (Å²) in [6, 6.07) is 1.21. The summed E-state index contributed by atoms with van der Waals surface area (Å²) in [5.41, 5.74) is 6.78. The van der Waals surface area contributed by atoms with E-state index in [-0.39, 0.29) is 0 Å². The summed E-state index contributed by atoms with van der Waals surface area (Å²) in [6.07, 6.45) is 6.70. The third kappa shape index (κ3) is 1.70. The Morgan fingerprint density at radius 1 is 1.21 bits per heavy atom. The van der Waals surface area contributed by atoms with E-state index in [9.17, 15) is 0 Å². The lowest BCUT2D eigenvalue weighted by atomic mass is 9.74. The van der Waals surface area contributed by atoms with E-state index in [1.165, 1.54) is 45.2 Å². The minimum atomic E-state index is 0.497.